The van der Waals surface area contributed by atoms with E-state index in [1.807, 2.05) is 48.5 Å². The van der Waals surface area contributed by atoms with Gasteiger partial charge in [0.2, 0.25) is 0 Å². The number of rotatable bonds is 6. The third-order valence-electron chi connectivity index (χ3n) is 7.43. The first-order valence-corrected chi connectivity index (χ1v) is 12.8. The quantitative estimate of drug-likeness (QED) is 0.265. The molecule has 7 heteroatoms. The summed E-state index contributed by atoms with van der Waals surface area (Å²) in [6.45, 7) is 0.294. The summed E-state index contributed by atoms with van der Waals surface area (Å²) in [4.78, 5) is 27.0. The van der Waals surface area contributed by atoms with Crippen molar-refractivity contribution in [2.24, 2.45) is 5.73 Å². The summed E-state index contributed by atoms with van der Waals surface area (Å²) in [7, 11) is 0. The van der Waals surface area contributed by atoms with Crippen molar-refractivity contribution in [2.45, 2.75) is 18.9 Å². The van der Waals surface area contributed by atoms with Gasteiger partial charge in [-0.15, -0.1) is 12.4 Å². The molecule has 0 fully saturated rings. The molecule has 6 nitrogen and oxygen atoms in total. The standard InChI is InChI=1S/C32H28N2O4.ClH/c33-16-17-34(31(35)37-19-22-9-7-15-24-23-10-2-1-8-21(23)18-29(22)24)32(36)38-20-30-27-13-5-3-11-25(27)26-12-4-6-14-28(26)30;/h1-15,30H,16-20,33H2;1H. The number of hydrogen-bond donors (Lipinski definition) is 1. The average Bonchev–Trinajstić information content (AvgIpc) is 3.49. The molecule has 0 bridgehead atoms. The zero-order valence-corrected chi connectivity index (χ0v) is 22.2. The van der Waals surface area contributed by atoms with Crippen LogP contribution >= 0.6 is 12.4 Å². The molecular weight excluding hydrogens is 512 g/mol. The lowest BCUT2D eigenvalue weighted by Gasteiger charge is -2.21. The third kappa shape index (κ3) is 4.89. The van der Waals surface area contributed by atoms with E-state index in [2.05, 4.69) is 42.5 Å². The fraction of sp³-hybridized carbons (Fsp3) is 0.188. The smallest absolute Gasteiger partial charge is 0.419 e. The van der Waals surface area contributed by atoms with Crippen molar-refractivity contribution in [1.82, 2.24) is 4.90 Å². The molecule has 0 radical (unpaired) electrons. The van der Waals surface area contributed by atoms with Crippen LogP contribution in [0.3, 0.4) is 0 Å². The van der Waals surface area contributed by atoms with Crippen LogP contribution in [-0.2, 0) is 22.5 Å². The van der Waals surface area contributed by atoms with Crippen LogP contribution in [0.5, 0.6) is 0 Å². The van der Waals surface area contributed by atoms with Gasteiger partial charge < -0.3 is 15.2 Å². The second-order valence-electron chi connectivity index (χ2n) is 9.58. The second kappa shape index (κ2) is 11.3. The summed E-state index contributed by atoms with van der Waals surface area (Å²) in [5, 5.41) is 0. The largest absolute Gasteiger partial charge is 0.448 e. The zero-order chi connectivity index (χ0) is 26.1. The van der Waals surface area contributed by atoms with E-state index >= 15 is 0 Å². The second-order valence-corrected chi connectivity index (χ2v) is 9.58. The van der Waals surface area contributed by atoms with Crippen LogP contribution in [0.4, 0.5) is 9.59 Å². The highest BCUT2D eigenvalue weighted by Gasteiger charge is 2.31. The van der Waals surface area contributed by atoms with E-state index in [0.717, 1.165) is 50.3 Å². The predicted molar refractivity (Wildman–Crippen MR) is 153 cm³/mol. The van der Waals surface area contributed by atoms with Crippen molar-refractivity contribution in [2.75, 3.05) is 19.7 Å². The van der Waals surface area contributed by atoms with E-state index in [0.29, 0.717) is 0 Å². The minimum atomic E-state index is -0.763. The first-order chi connectivity index (χ1) is 18.7. The fourth-order valence-electron chi connectivity index (χ4n) is 5.63. The number of benzene rings is 4. The molecule has 4 aromatic rings. The molecular formula is C32H29ClN2O4. The van der Waals surface area contributed by atoms with E-state index < -0.39 is 12.2 Å². The van der Waals surface area contributed by atoms with Gasteiger partial charge in [-0.05, 0) is 56.5 Å². The maximum absolute atomic E-state index is 13.0. The Morgan fingerprint density at radius 2 is 1.33 bits per heavy atom. The van der Waals surface area contributed by atoms with Gasteiger partial charge in [0, 0.05) is 19.0 Å². The van der Waals surface area contributed by atoms with Gasteiger partial charge in [0.25, 0.3) is 0 Å². The lowest BCUT2D eigenvalue weighted by molar-refractivity contribution is 0.0727. The first kappa shape index (κ1) is 26.5. The lowest BCUT2D eigenvalue weighted by Crippen LogP contribution is -2.41. The van der Waals surface area contributed by atoms with Crippen molar-refractivity contribution >= 4 is 24.6 Å². The molecule has 39 heavy (non-hydrogen) atoms. The van der Waals surface area contributed by atoms with E-state index in [-0.39, 0.29) is 44.6 Å². The van der Waals surface area contributed by atoms with Crippen molar-refractivity contribution in [3.8, 4) is 22.3 Å². The lowest BCUT2D eigenvalue weighted by atomic mass is 9.98. The molecule has 0 saturated carbocycles. The number of amides is 2. The third-order valence-corrected chi connectivity index (χ3v) is 7.43. The molecule has 6 rings (SSSR count). The van der Waals surface area contributed by atoms with Gasteiger partial charge in [0.05, 0.1) is 0 Å². The highest BCUT2D eigenvalue weighted by molar-refractivity contribution is 5.88. The number of fused-ring (bicyclic) bond motifs is 6. The molecule has 0 spiro atoms. The van der Waals surface area contributed by atoms with Crippen molar-refractivity contribution in [3.05, 3.63) is 119 Å². The highest BCUT2D eigenvalue weighted by atomic mass is 35.5. The van der Waals surface area contributed by atoms with E-state index in [1.54, 1.807) is 0 Å². The van der Waals surface area contributed by atoms with E-state index in [1.165, 1.54) is 11.1 Å². The van der Waals surface area contributed by atoms with Crippen LogP contribution in [0, 0.1) is 0 Å². The van der Waals surface area contributed by atoms with Crippen LogP contribution in [0.25, 0.3) is 22.3 Å². The molecule has 0 saturated heterocycles. The van der Waals surface area contributed by atoms with Gasteiger partial charge in [-0.3, -0.25) is 0 Å². The summed E-state index contributed by atoms with van der Waals surface area (Å²) in [6.07, 6.45) is -0.730. The van der Waals surface area contributed by atoms with E-state index in [4.69, 9.17) is 15.2 Å². The topological polar surface area (TPSA) is 81.9 Å². The summed E-state index contributed by atoms with van der Waals surface area (Å²) < 4.78 is 11.3. The number of ether oxygens (including phenoxy) is 2. The van der Waals surface area contributed by atoms with E-state index in [9.17, 15) is 9.59 Å². The number of imide groups is 1. The van der Waals surface area contributed by atoms with Crippen molar-refractivity contribution in [3.63, 3.8) is 0 Å². The Bertz CT molecular complexity index is 1490. The van der Waals surface area contributed by atoms with Gasteiger partial charge in [0.1, 0.15) is 13.2 Å². The van der Waals surface area contributed by atoms with Gasteiger partial charge in [-0.25, -0.2) is 14.5 Å². The number of halogens is 1. The van der Waals surface area contributed by atoms with Crippen LogP contribution in [0.15, 0.2) is 91.0 Å². The van der Waals surface area contributed by atoms with Gasteiger partial charge in [0.15, 0.2) is 0 Å². The maximum atomic E-state index is 13.0. The van der Waals surface area contributed by atoms with Crippen LogP contribution in [0.2, 0.25) is 0 Å². The molecule has 4 aromatic carbocycles. The molecule has 2 aliphatic rings. The van der Waals surface area contributed by atoms with Gasteiger partial charge in [-0.2, -0.15) is 0 Å². The number of nitrogens with two attached hydrogens (primary N) is 1. The monoisotopic (exact) mass is 540 g/mol. The van der Waals surface area contributed by atoms with Gasteiger partial charge >= 0.3 is 12.2 Å². The minimum Gasteiger partial charge on any atom is -0.448 e. The SMILES string of the molecule is Cl.NCCN(C(=O)OCc1cccc2c1Cc1ccccc1-2)C(=O)OCC1c2ccccc2-c2ccccc21. The molecule has 0 aromatic heterocycles. The van der Waals surface area contributed by atoms with Crippen LogP contribution in [-0.4, -0.2) is 36.8 Å². The summed E-state index contributed by atoms with van der Waals surface area (Å²) in [5.41, 5.74) is 15.9. The number of carbonyl (C=O) groups is 2. The Balaban J connectivity index is 0.00000308. The molecule has 0 unspecified atom stereocenters. The Morgan fingerprint density at radius 3 is 2.03 bits per heavy atom. The Labute approximate surface area is 233 Å². The maximum Gasteiger partial charge on any atom is 0.419 e. The fourth-order valence-corrected chi connectivity index (χ4v) is 5.63. The molecule has 198 valence electrons. The van der Waals surface area contributed by atoms with Gasteiger partial charge in [-0.1, -0.05) is 91.0 Å². The normalized spacial score (nSPS) is 12.4. The Hall–Kier alpha value is -4.13. The molecule has 0 heterocycles. The highest BCUT2D eigenvalue weighted by Crippen LogP contribution is 2.44. The number of hydrogen-bond acceptors (Lipinski definition) is 5. The minimum absolute atomic E-state index is 0. The van der Waals surface area contributed by atoms with Crippen molar-refractivity contribution in [1.29, 1.82) is 0 Å². The Kier molecular flexibility index (Phi) is 7.68. The summed E-state index contributed by atoms with van der Waals surface area (Å²) >= 11 is 0. The molecule has 2 aliphatic carbocycles. The first-order valence-electron chi connectivity index (χ1n) is 12.8. The van der Waals surface area contributed by atoms with Crippen molar-refractivity contribution < 1.29 is 19.1 Å². The van der Waals surface area contributed by atoms with Crippen LogP contribution < -0.4 is 5.73 Å². The molecule has 0 atom stereocenters. The van der Waals surface area contributed by atoms with Crippen LogP contribution in [0.1, 0.15) is 33.7 Å². The Morgan fingerprint density at radius 1 is 0.744 bits per heavy atom. The average molecular weight is 541 g/mol. The zero-order valence-electron chi connectivity index (χ0n) is 21.3. The molecule has 0 aliphatic heterocycles. The summed E-state index contributed by atoms with van der Waals surface area (Å²) in [6, 6.07) is 30.5. The molecule has 2 N–H and O–H groups in total. The number of carbonyl (C=O) groups excluding carboxylic acids is 2. The molecule has 2 amide bonds. The number of nitrogens with zero attached hydrogens (tertiary/aromatic N) is 1. The predicted octanol–water partition coefficient (Wildman–Crippen LogP) is 6.53. The summed E-state index contributed by atoms with van der Waals surface area (Å²) in [5.74, 6) is -0.101.